The van der Waals surface area contributed by atoms with Crippen LogP contribution < -0.4 is 11.3 Å². The highest BCUT2D eigenvalue weighted by Gasteiger charge is 1.97. The lowest BCUT2D eigenvalue weighted by Gasteiger charge is -2.16. The second-order valence-corrected chi connectivity index (χ2v) is 3.12. The lowest BCUT2D eigenvalue weighted by molar-refractivity contribution is 0.289. The number of rotatable bonds is 5. The molecule has 0 rings (SSSR count). The van der Waals surface area contributed by atoms with Crippen LogP contribution in [0.5, 0.6) is 0 Å². The monoisotopic (exact) mass is 145 g/mol. The highest BCUT2D eigenvalue weighted by Crippen LogP contribution is 1.98. The van der Waals surface area contributed by atoms with E-state index < -0.39 is 0 Å². The van der Waals surface area contributed by atoms with E-state index in [4.69, 9.17) is 5.84 Å². The molecule has 3 heteroatoms. The average Bonchev–Trinajstić information content (AvgIpc) is 1.85. The number of hydrogen-bond acceptors (Lipinski definition) is 3. The van der Waals surface area contributed by atoms with Gasteiger partial charge >= 0.3 is 0 Å². The van der Waals surface area contributed by atoms with Gasteiger partial charge < -0.3 is 0 Å². The molecule has 0 aliphatic heterocycles. The normalized spacial score (nSPS) is 11.4. The standard InChI is InChI=1S/C7H19N3/c1-7(2)4-5-10(3)6-9-8/h7,9H,4-6,8H2,1-3H3. The maximum Gasteiger partial charge on any atom is 0.0609 e. The Morgan fingerprint density at radius 1 is 1.50 bits per heavy atom. The van der Waals surface area contributed by atoms with Gasteiger partial charge in [-0.25, -0.2) is 5.43 Å². The van der Waals surface area contributed by atoms with Crippen LogP contribution in [0.25, 0.3) is 0 Å². The van der Waals surface area contributed by atoms with Crippen LogP contribution >= 0.6 is 0 Å². The molecule has 0 bridgehead atoms. The Bertz CT molecular complexity index is 73.3. The van der Waals surface area contributed by atoms with Gasteiger partial charge in [-0.2, -0.15) is 0 Å². The molecule has 0 saturated heterocycles. The fourth-order valence-corrected chi connectivity index (χ4v) is 0.713. The molecule has 0 aromatic heterocycles. The summed E-state index contributed by atoms with van der Waals surface area (Å²) >= 11 is 0. The summed E-state index contributed by atoms with van der Waals surface area (Å²) in [7, 11) is 2.06. The van der Waals surface area contributed by atoms with Gasteiger partial charge in [-0.3, -0.25) is 10.7 Å². The molecule has 0 heterocycles. The Labute approximate surface area is 63.5 Å². The zero-order chi connectivity index (χ0) is 7.98. The first-order valence-corrected chi connectivity index (χ1v) is 3.78. The molecule has 0 amide bonds. The Hall–Kier alpha value is -0.120. The molecule has 0 radical (unpaired) electrons. The van der Waals surface area contributed by atoms with E-state index in [1.165, 1.54) is 6.42 Å². The van der Waals surface area contributed by atoms with Crippen molar-refractivity contribution in [2.24, 2.45) is 11.8 Å². The molecule has 10 heavy (non-hydrogen) atoms. The molecule has 0 saturated carbocycles. The first-order chi connectivity index (χ1) is 4.66. The van der Waals surface area contributed by atoms with Crippen LogP contribution in [0, 0.1) is 5.92 Å². The minimum atomic E-state index is 0.771. The fraction of sp³-hybridized carbons (Fsp3) is 1.00. The fourth-order valence-electron chi connectivity index (χ4n) is 0.713. The third-order valence-corrected chi connectivity index (χ3v) is 1.45. The van der Waals surface area contributed by atoms with Crippen LogP contribution in [0.1, 0.15) is 20.3 Å². The second kappa shape index (κ2) is 5.65. The molecule has 0 unspecified atom stereocenters. The van der Waals surface area contributed by atoms with Gasteiger partial charge in [0.15, 0.2) is 0 Å². The summed E-state index contributed by atoms with van der Waals surface area (Å²) in [4.78, 5) is 2.17. The van der Waals surface area contributed by atoms with E-state index in [9.17, 15) is 0 Å². The van der Waals surface area contributed by atoms with Crippen molar-refractivity contribution in [1.29, 1.82) is 0 Å². The van der Waals surface area contributed by atoms with Gasteiger partial charge in [0.05, 0.1) is 6.67 Å². The van der Waals surface area contributed by atoms with Crippen molar-refractivity contribution in [2.45, 2.75) is 20.3 Å². The maximum absolute atomic E-state index is 5.14. The minimum absolute atomic E-state index is 0.771. The predicted octanol–water partition coefficient (Wildman–Crippen LogP) is 0.385. The van der Waals surface area contributed by atoms with Gasteiger partial charge in [-0.05, 0) is 25.9 Å². The largest absolute Gasteiger partial charge is 0.293 e. The summed E-state index contributed by atoms with van der Waals surface area (Å²) in [5.41, 5.74) is 2.62. The maximum atomic E-state index is 5.14. The quantitative estimate of drug-likeness (QED) is 0.334. The second-order valence-electron chi connectivity index (χ2n) is 3.12. The smallest absolute Gasteiger partial charge is 0.0609 e. The van der Waals surface area contributed by atoms with E-state index in [0.717, 1.165) is 19.1 Å². The molecule has 3 N–H and O–H groups in total. The van der Waals surface area contributed by atoms with Crippen molar-refractivity contribution < 1.29 is 0 Å². The van der Waals surface area contributed by atoms with Crippen molar-refractivity contribution in [3.8, 4) is 0 Å². The number of hydrazine groups is 1. The van der Waals surface area contributed by atoms with Crippen molar-refractivity contribution in [3.05, 3.63) is 0 Å². The van der Waals surface area contributed by atoms with Crippen LogP contribution in [0.2, 0.25) is 0 Å². The topological polar surface area (TPSA) is 41.3 Å². The minimum Gasteiger partial charge on any atom is -0.293 e. The van der Waals surface area contributed by atoms with Gasteiger partial charge in [0.25, 0.3) is 0 Å². The number of nitrogens with one attached hydrogen (secondary N) is 1. The van der Waals surface area contributed by atoms with E-state index in [1.54, 1.807) is 0 Å². The van der Waals surface area contributed by atoms with E-state index in [2.05, 4.69) is 31.2 Å². The third kappa shape index (κ3) is 6.01. The predicted molar refractivity (Wildman–Crippen MR) is 44.3 cm³/mol. The van der Waals surface area contributed by atoms with E-state index in [0.29, 0.717) is 0 Å². The molecule has 0 aliphatic rings. The van der Waals surface area contributed by atoms with Crippen LogP contribution in [0.4, 0.5) is 0 Å². The Balaban J connectivity index is 3.12. The summed E-state index contributed by atoms with van der Waals surface area (Å²) < 4.78 is 0. The van der Waals surface area contributed by atoms with Gasteiger partial charge in [0.2, 0.25) is 0 Å². The van der Waals surface area contributed by atoms with E-state index >= 15 is 0 Å². The molecule has 3 nitrogen and oxygen atoms in total. The van der Waals surface area contributed by atoms with Crippen LogP contribution in [-0.2, 0) is 0 Å². The van der Waals surface area contributed by atoms with Crippen LogP contribution in [-0.4, -0.2) is 25.2 Å². The molecular formula is C7H19N3. The summed E-state index contributed by atoms with van der Waals surface area (Å²) in [5, 5.41) is 0. The first-order valence-electron chi connectivity index (χ1n) is 3.78. The molecule has 62 valence electrons. The highest BCUT2D eigenvalue weighted by molar-refractivity contribution is 4.50. The number of nitrogens with two attached hydrogens (primary N) is 1. The number of nitrogens with zero attached hydrogens (tertiary/aromatic N) is 1. The molecule has 0 fully saturated rings. The highest BCUT2D eigenvalue weighted by atomic mass is 15.3. The van der Waals surface area contributed by atoms with Crippen molar-refractivity contribution in [3.63, 3.8) is 0 Å². The first kappa shape index (κ1) is 9.88. The lowest BCUT2D eigenvalue weighted by atomic mass is 10.1. The molecule has 0 aromatic rings. The number of hydrogen-bond donors (Lipinski definition) is 2. The van der Waals surface area contributed by atoms with E-state index in [-0.39, 0.29) is 0 Å². The Kier molecular flexibility index (Phi) is 5.58. The van der Waals surface area contributed by atoms with Gasteiger partial charge in [-0.15, -0.1) is 0 Å². The van der Waals surface area contributed by atoms with E-state index in [1.807, 2.05) is 0 Å². The summed E-state index contributed by atoms with van der Waals surface area (Å²) in [5.74, 6) is 5.92. The zero-order valence-electron chi connectivity index (χ0n) is 7.22. The van der Waals surface area contributed by atoms with Gasteiger partial charge in [0, 0.05) is 0 Å². The average molecular weight is 145 g/mol. The van der Waals surface area contributed by atoms with Crippen LogP contribution in [0.15, 0.2) is 0 Å². The molecule has 0 atom stereocenters. The third-order valence-electron chi connectivity index (χ3n) is 1.45. The van der Waals surface area contributed by atoms with Crippen LogP contribution in [0.3, 0.4) is 0 Å². The van der Waals surface area contributed by atoms with Gasteiger partial charge in [-0.1, -0.05) is 13.8 Å². The molecule has 0 aliphatic carbocycles. The molecule has 0 aromatic carbocycles. The summed E-state index contributed by atoms with van der Waals surface area (Å²) in [6.07, 6.45) is 1.23. The molecule has 0 spiro atoms. The van der Waals surface area contributed by atoms with Crippen molar-refractivity contribution in [1.82, 2.24) is 10.3 Å². The summed E-state index contributed by atoms with van der Waals surface area (Å²) in [6, 6.07) is 0. The Morgan fingerprint density at radius 3 is 2.50 bits per heavy atom. The lowest BCUT2D eigenvalue weighted by Crippen LogP contribution is -2.36. The van der Waals surface area contributed by atoms with Crippen molar-refractivity contribution >= 4 is 0 Å². The SMILES string of the molecule is CC(C)CCN(C)CNN. The molecular weight excluding hydrogens is 126 g/mol. The Morgan fingerprint density at radius 2 is 2.10 bits per heavy atom. The zero-order valence-corrected chi connectivity index (χ0v) is 7.22. The summed E-state index contributed by atoms with van der Waals surface area (Å²) in [6.45, 7) is 6.34. The van der Waals surface area contributed by atoms with Crippen molar-refractivity contribution in [2.75, 3.05) is 20.3 Å². The van der Waals surface area contributed by atoms with Gasteiger partial charge in [0.1, 0.15) is 0 Å².